The number of rotatable bonds is 7. The molecule has 0 spiro atoms. The van der Waals surface area contributed by atoms with Crippen LogP contribution in [0.1, 0.15) is 44.7 Å². The fourth-order valence-corrected chi connectivity index (χ4v) is 3.05. The van der Waals surface area contributed by atoms with Gasteiger partial charge in [0.15, 0.2) is 0 Å². The molecule has 0 radical (unpaired) electrons. The fourth-order valence-electron chi connectivity index (χ4n) is 2.88. The molecular weight excluding hydrogens is 286 g/mol. The monoisotopic (exact) mass is 311 g/mol. The second kappa shape index (κ2) is 8.57. The molecule has 0 bridgehead atoms. The van der Waals surface area contributed by atoms with Gasteiger partial charge in [-0.1, -0.05) is 24.9 Å². The van der Waals surface area contributed by atoms with Crippen LogP contribution in [0.25, 0.3) is 0 Å². The van der Waals surface area contributed by atoms with Crippen molar-refractivity contribution in [3.8, 4) is 0 Å². The summed E-state index contributed by atoms with van der Waals surface area (Å²) in [4.78, 5) is 7.07. The Labute approximate surface area is 132 Å². The molecule has 0 saturated carbocycles. The van der Waals surface area contributed by atoms with E-state index in [0.29, 0.717) is 6.04 Å². The second-order valence-electron chi connectivity index (χ2n) is 5.68. The minimum absolute atomic E-state index is 0.250. The topological polar surface area (TPSA) is 48.4 Å². The molecule has 21 heavy (non-hydrogen) atoms. The van der Waals surface area contributed by atoms with Crippen molar-refractivity contribution >= 4 is 17.4 Å². The zero-order valence-corrected chi connectivity index (χ0v) is 13.6. The highest BCUT2D eigenvalue weighted by Gasteiger charge is 2.23. The summed E-state index contributed by atoms with van der Waals surface area (Å²) in [7, 11) is 0. The lowest BCUT2D eigenvalue weighted by molar-refractivity contribution is 0.111. The van der Waals surface area contributed by atoms with Gasteiger partial charge >= 0.3 is 0 Å². The number of aliphatic hydroxyl groups excluding tert-OH is 1. The van der Waals surface area contributed by atoms with Crippen molar-refractivity contribution in [2.24, 2.45) is 0 Å². The van der Waals surface area contributed by atoms with Gasteiger partial charge in [-0.05, 0) is 44.4 Å². The Bertz CT molecular complexity index is 440. The Balaban J connectivity index is 2.05. The Kier molecular flexibility index (Phi) is 6.74. The smallest absolute Gasteiger partial charge is 0.126 e. The molecule has 0 amide bonds. The van der Waals surface area contributed by atoms with E-state index >= 15 is 0 Å². The molecular formula is C16H26ClN3O. The largest absolute Gasteiger partial charge is 0.396 e. The first-order valence-electron chi connectivity index (χ1n) is 7.98. The molecule has 0 aliphatic carbocycles. The van der Waals surface area contributed by atoms with Crippen LogP contribution in [-0.2, 0) is 6.54 Å². The van der Waals surface area contributed by atoms with Crippen LogP contribution in [0.2, 0.25) is 5.02 Å². The summed E-state index contributed by atoms with van der Waals surface area (Å²) < 4.78 is 0. The molecule has 4 nitrogen and oxygen atoms in total. The zero-order valence-electron chi connectivity index (χ0n) is 12.8. The van der Waals surface area contributed by atoms with E-state index in [0.717, 1.165) is 55.4 Å². The summed E-state index contributed by atoms with van der Waals surface area (Å²) in [5.41, 5.74) is 0.933. The first-order valence-corrected chi connectivity index (χ1v) is 8.36. The maximum atomic E-state index is 9.22. The number of aliphatic hydroxyl groups is 1. The molecule has 1 fully saturated rings. The Morgan fingerprint density at radius 2 is 2.29 bits per heavy atom. The SMILES string of the molecule is CCCNc1ccc(Cl)c(CN2CCCCC2CCO)n1. The molecule has 1 aliphatic heterocycles. The van der Waals surface area contributed by atoms with Crippen molar-refractivity contribution in [2.45, 2.75) is 51.6 Å². The average molecular weight is 312 g/mol. The minimum Gasteiger partial charge on any atom is -0.396 e. The predicted molar refractivity (Wildman–Crippen MR) is 87.8 cm³/mol. The van der Waals surface area contributed by atoms with Crippen LogP contribution < -0.4 is 5.32 Å². The van der Waals surface area contributed by atoms with Crippen LogP contribution in [0.15, 0.2) is 12.1 Å². The lowest BCUT2D eigenvalue weighted by atomic mass is 9.99. The predicted octanol–water partition coefficient (Wildman–Crippen LogP) is 3.29. The average Bonchev–Trinajstić information content (AvgIpc) is 2.50. The van der Waals surface area contributed by atoms with Gasteiger partial charge in [-0.25, -0.2) is 4.98 Å². The number of aromatic nitrogens is 1. The van der Waals surface area contributed by atoms with Gasteiger partial charge in [0.05, 0.1) is 10.7 Å². The van der Waals surface area contributed by atoms with Gasteiger partial charge in [0.25, 0.3) is 0 Å². The summed E-state index contributed by atoms with van der Waals surface area (Å²) >= 11 is 6.31. The van der Waals surface area contributed by atoms with Crippen LogP contribution in [0, 0.1) is 0 Å². The number of likely N-dealkylation sites (tertiary alicyclic amines) is 1. The van der Waals surface area contributed by atoms with Gasteiger partial charge in [-0.2, -0.15) is 0 Å². The Morgan fingerprint density at radius 1 is 1.43 bits per heavy atom. The van der Waals surface area contributed by atoms with Crippen molar-refractivity contribution < 1.29 is 5.11 Å². The molecule has 1 saturated heterocycles. The van der Waals surface area contributed by atoms with E-state index in [2.05, 4.69) is 22.1 Å². The summed E-state index contributed by atoms with van der Waals surface area (Å²) in [5.74, 6) is 0.895. The summed E-state index contributed by atoms with van der Waals surface area (Å²) in [5, 5.41) is 13.3. The van der Waals surface area contributed by atoms with Crippen molar-refractivity contribution in [1.29, 1.82) is 0 Å². The zero-order chi connectivity index (χ0) is 15.1. The quantitative estimate of drug-likeness (QED) is 0.811. The second-order valence-corrected chi connectivity index (χ2v) is 6.09. The third-order valence-corrected chi connectivity index (χ3v) is 4.38. The van der Waals surface area contributed by atoms with Crippen molar-refractivity contribution in [3.63, 3.8) is 0 Å². The van der Waals surface area contributed by atoms with E-state index in [1.807, 2.05) is 12.1 Å². The molecule has 2 rings (SSSR count). The maximum absolute atomic E-state index is 9.22. The lowest BCUT2D eigenvalue weighted by Crippen LogP contribution is -2.39. The van der Waals surface area contributed by atoms with Gasteiger partial charge in [-0.15, -0.1) is 0 Å². The van der Waals surface area contributed by atoms with Crippen LogP contribution in [0.3, 0.4) is 0 Å². The third kappa shape index (κ3) is 4.83. The van der Waals surface area contributed by atoms with Gasteiger partial charge in [0.1, 0.15) is 5.82 Å². The highest BCUT2D eigenvalue weighted by molar-refractivity contribution is 6.31. The molecule has 5 heteroatoms. The Morgan fingerprint density at radius 3 is 3.05 bits per heavy atom. The first-order chi connectivity index (χ1) is 10.2. The normalized spacial score (nSPS) is 19.7. The fraction of sp³-hybridized carbons (Fsp3) is 0.688. The molecule has 1 unspecified atom stereocenters. The van der Waals surface area contributed by atoms with Crippen LogP contribution in [0.4, 0.5) is 5.82 Å². The molecule has 118 valence electrons. The van der Waals surface area contributed by atoms with Crippen LogP contribution >= 0.6 is 11.6 Å². The maximum Gasteiger partial charge on any atom is 0.126 e. The minimum atomic E-state index is 0.250. The Hall–Kier alpha value is -0.840. The number of halogens is 1. The van der Waals surface area contributed by atoms with Crippen molar-refractivity contribution in [3.05, 3.63) is 22.8 Å². The van der Waals surface area contributed by atoms with Crippen LogP contribution in [-0.4, -0.2) is 40.7 Å². The van der Waals surface area contributed by atoms with Crippen molar-refractivity contribution in [1.82, 2.24) is 9.88 Å². The number of nitrogens with zero attached hydrogens (tertiary/aromatic N) is 2. The van der Waals surface area contributed by atoms with E-state index in [-0.39, 0.29) is 6.61 Å². The summed E-state index contributed by atoms with van der Waals surface area (Å²) in [6.45, 7) is 5.14. The molecule has 1 aromatic heterocycles. The number of nitrogens with one attached hydrogen (secondary N) is 1. The number of piperidine rings is 1. The summed E-state index contributed by atoms with van der Waals surface area (Å²) in [6.07, 6.45) is 5.54. The first kappa shape index (κ1) is 16.5. The number of hydrogen-bond acceptors (Lipinski definition) is 4. The van der Waals surface area contributed by atoms with E-state index in [9.17, 15) is 5.11 Å². The van der Waals surface area contributed by atoms with E-state index in [1.54, 1.807) is 0 Å². The van der Waals surface area contributed by atoms with Crippen molar-refractivity contribution in [2.75, 3.05) is 25.0 Å². The van der Waals surface area contributed by atoms with Gasteiger partial charge < -0.3 is 10.4 Å². The van der Waals surface area contributed by atoms with Gasteiger partial charge in [0, 0.05) is 25.7 Å². The molecule has 1 aliphatic rings. The molecule has 0 aromatic carbocycles. The number of anilines is 1. The highest BCUT2D eigenvalue weighted by Crippen LogP contribution is 2.24. The third-order valence-electron chi connectivity index (χ3n) is 4.04. The van der Waals surface area contributed by atoms with E-state index in [1.165, 1.54) is 12.8 Å². The molecule has 2 N–H and O–H groups in total. The number of hydrogen-bond donors (Lipinski definition) is 2. The molecule has 1 atom stereocenters. The van der Waals surface area contributed by atoms with Gasteiger partial charge in [0.2, 0.25) is 0 Å². The van der Waals surface area contributed by atoms with E-state index in [4.69, 9.17) is 11.6 Å². The summed E-state index contributed by atoms with van der Waals surface area (Å²) in [6, 6.07) is 4.31. The van der Waals surface area contributed by atoms with Gasteiger partial charge in [-0.3, -0.25) is 4.90 Å². The standard InChI is InChI=1S/C16H26ClN3O/c1-2-9-18-16-7-6-14(17)15(19-16)12-20-10-4-3-5-13(20)8-11-21/h6-7,13,21H,2-5,8-12H2,1H3,(H,18,19). The van der Waals surface area contributed by atoms with Crippen LogP contribution in [0.5, 0.6) is 0 Å². The number of pyridine rings is 1. The molecule has 2 heterocycles. The lowest BCUT2D eigenvalue weighted by Gasteiger charge is -2.35. The van der Waals surface area contributed by atoms with E-state index < -0.39 is 0 Å². The highest BCUT2D eigenvalue weighted by atomic mass is 35.5. The molecule has 1 aromatic rings.